The molecule has 0 spiro atoms. The second-order valence-corrected chi connectivity index (χ2v) is 6.42. The molecule has 126 valence electrons. The summed E-state index contributed by atoms with van der Waals surface area (Å²) in [6, 6.07) is 15.4. The predicted octanol–water partition coefficient (Wildman–Crippen LogP) is 4.47. The molecule has 0 aliphatic carbocycles. The van der Waals surface area contributed by atoms with E-state index in [1.54, 1.807) is 12.0 Å². The molecule has 3 rings (SSSR count). The fraction of sp³-hybridized carbons (Fsp3) is 0.316. The molecule has 2 aromatic carbocycles. The van der Waals surface area contributed by atoms with Gasteiger partial charge >= 0.3 is 6.09 Å². The van der Waals surface area contributed by atoms with Gasteiger partial charge in [0.25, 0.3) is 0 Å². The van der Waals surface area contributed by atoms with E-state index in [4.69, 9.17) is 21.1 Å². The highest BCUT2D eigenvalue weighted by Crippen LogP contribution is 2.29. The molecule has 5 heteroatoms. The number of rotatable bonds is 5. The Morgan fingerprint density at radius 1 is 1.29 bits per heavy atom. The van der Waals surface area contributed by atoms with Crippen LogP contribution in [-0.4, -0.2) is 30.7 Å². The van der Waals surface area contributed by atoms with Crippen molar-refractivity contribution in [2.75, 3.05) is 13.7 Å². The Morgan fingerprint density at radius 2 is 2.04 bits per heavy atom. The number of methoxy groups -OCH3 is 1. The zero-order valence-corrected chi connectivity index (χ0v) is 14.5. The van der Waals surface area contributed by atoms with Crippen LogP contribution in [-0.2, 0) is 11.2 Å². The smallest absolute Gasteiger partial charge is 0.410 e. The minimum absolute atomic E-state index is 0.0510. The molecule has 0 N–H and O–H groups in total. The monoisotopic (exact) mass is 345 g/mol. The highest BCUT2D eigenvalue weighted by Gasteiger charge is 2.35. The van der Waals surface area contributed by atoms with Gasteiger partial charge in [-0.05, 0) is 48.7 Å². The van der Waals surface area contributed by atoms with Crippen molar-refractivity contribution < 1.29 is 14.3 Å². The number of benzene rings is 2. The average molecular weight is 346 g/mol. The summed E-state index contributed by atoms with van der Waals surface area (Å²) in [6.07, 6.45) is 0.219. The van der Waals surface area contributed by atoms with E-state index in [9.17, 15) is 4.79 Å². The van der Waals surface area contributed by atoms with E-state index in [2.05, 4.69) is 0 Å². The van der Waals surface area contributed by atoms with Gasteiger partial charge in [0, 0.05) is 11.1 Å². The van der Waals surface area contributed by atoms with Crippen LogP contribution in [0.1, 0.15) is 24.2 Å². The Labute approximate surface area is 146 Å². The Balaban J connectivity index is 1.66. The fourth-order valence-electron chi connectivity index (χ4n) is 2.93. The van der Waals surface area contributed by atoms with E-state index < -0.39 is 0 Å². The number of ether oxygens (including phenoxy) is 2. The Kier molecular flexibility index (Phi) is 4.95. The topological polar surface area (TPSA) is 38.8 Å². The third kappa shape index (κ3) is 3.65. The van der Waals surface area contributed by atoms with Crippen LogP contribution in [0.15, 0.2) is 48.5 Å². The van der Waals surface area contributed by atoms with Crippen molar-refractivity contribution in [1.29, 1.82) is 0 Å². The minimum Gasteiger partial charge on any atom is -0.497 e. The summed E-state index contributed by atoms with van der Waals surface area (Å²) in [4.78, 5) is 14.0. The third-order valence-electron chi connectivity index (χ3n) is 4.28. The van der Waals surface area contributed by atoms with Crippen LogP contribution < -0.4 is 4.74 Å². The Morgan fingerprint density at radius 3 is 2.71 bits per heavy atom. The van der Waals surface area contributed by atoms with E-state index in [0.717, 1.165) is 23.3 Å². The standard InChI is InChI=1S/C19H20ClNO3/c1-13(10-14-6-8-17(23-2)9-7-14)21-12-18(24-19(21)22)15-4-3-5-16(20)11-15/h3-9,11,13,18H,10,12H2,1-2H3. The molecule has 0 aromatic heterocycles. The zero-order valence-electron chi connectivity index (χ0n) is 13.7. The number of hydrogen-bond acceptors (Lipinski definition) is 3. The maximum atomic E-state index is 12.2. The minimum atomic E-state index is -0.277. The van der Waals surface area contributed by atoms with Crippen LogP contribution in [0.5, 0.6) is 5.75 Å². The van der Waals surface area contributed by atoms with Crippen LogP contribution in [0.3, 0.4) is 0 Å². The molecule has 2 atom stereocenters. The molecule has 1 fully saturated rings. The van der Waals surface area contributed by atoms with Crippen LogP contribution in [0.2, 0.25) is 5.02 Å². The number of carbonyl (C=O) groups is 1. The van der Waals surface area contributed by atoms with Gasteiger partial charge in [0.2, 0.25) is 0 Å². The maximum Gasteiger partial charge on any atom is 0.410 e. The van der Waals surface area contributed by atoms with E-state index >= 15 is 0 Å². The highest BCUT2D eigenvalue weighted by atomic mass is 35.5. The van der Waals surface area contributed by atoms with Crippen LogP contribution in [0, 0.1) is 0 Å². The lowest BCUT2D eigenvalue weighted by Gasteiger charge is -2.22. The van der Waals surface area contributed by atoms with Crippen molar-refractivity contribution in [2.24, 2.45) is 0 Å². The van der Waals surface area contributed by atoms with Crippen molar-refractivity contribution in [3.63, 3.8) is 0 Å². The average Bonchev–Trinajstić information content (AvgIpc) is 2.97. The first-order valence-corrected chi connectivity index (χ1v) is 8.30. The van der Waals surface area contributed by atoms with E-state index in [0.29, 0.717) is 11.6 Å². The number of cyclic esters (lactones) is 1. The van der Waals surface area contributed by atoms with Crippen molar-refractivity contribution >= 4 is 17.7 Å². The van der Waals surface area contributed by atoms with Crippen molar-refractivity contribution in [3.8, 4) is 5.75 Å². The summed E-state index contributed by atoms with van der Waals surface area (Å²) in [5, 5.41) is 0.647. The van der Waals surface area contributed by atoms with Gasteiger partial charge in [-0.2, -0.15) is 0 Å². The van der Waals surface area contributed by atoms with Crippen molar-refractivity contribution in [2.45, 2.75) is 25.5 Å². The highest BCUT2D eigenvalue weighted by molar-refractivity contribution is 6.30. The summed E-state index contributed by atoms with van der Waals surface area (Å²) in [5.41, 5.74) is 2.08. The van der Waals surface area contributed by atoms with E-state index in [1.165, 1.54) is 0 Å². The van der Waals surface area contributed by atoms with Crippen molar-refractivity contribution in [1.82, 2.24) is 4.90 Å². The quantitative estimate of drug-likeness (QED) is 0.802. The lowest BCUT2D eigenvalue weighted by Crippen LogP contribution is -2.35. The van der Waals surface area contributed by atoms with Gasteiger partial charge in [0.1, 0.15) is 11.9 Å². The molecule has 1 saturated heterocycles. The van der Waals surface area contributed by atoms with E-state index in [1.807, 2.05) is 55.5 Å². The molecule has 2 unspecified atom stereocenters. The number of halogens is 1. The second-order valence-electron chi connectivity index (χ2n) is 5.98. The first kappa shape index (κ1) is 16.7. The molecule has 1 aliphatic heterocycles. The van der Waals surface area contributed by atoms with Crippen LogP contribution in [0.4, 0.5) is 4.79 Å². The summed E-state index contributed by atoms with van der Waals surface area (Å²) >= 11 is 6.03. The Bertz CT molecular complexity index is 717. The summed E-state index contributed by atoms with van der Waals surface area (Å²) in [6.45, 7) is 2.57. The number of carbonyl (C=O) groups excluding carboxylic acids is 1. The molecule has 2 aromatic rings. The molecule has 1 amide bonds. The molecule has 0 saturated carbocycles. The number of nitrogens with zero attached hydrogens (tertiary/aromatic N) is 1. The molecule has 1 aliphatic rings. The normalized spacial score (nSPS) is 18.4. The Hall–Kier alpha value is -2.20. The lowest BCUT2D eigenvalue weighted by atomic mass is 10.0. The van der Waals surface area contributed by atoms with E-state index in [-0.39, 0.29) is 18.2 Å². The molecule has 0 radical (unpaired) electrons. The predicted molar refractivity (Wildman–Crippen MR) is 93.5 cm³/mol. The first-order chi connectivity index (χ1) is 11.6. The largest absolute Gasteiger partial charge is 0.497 e. The maximum absolute atomic E-state index is 12.2. The van der Waals surface area contributed by atoms with Gasteiger partial charge < -0.3 is 14.4 Å². The SMILES string of the molecule is COc1ccc(CC(C)N2CC(c3cccc(Cl)c3)OC2=O)cc1. The van der Waals surface area contributed by atoms with Gasteiger partial charge in [-0.25, -0.2) is 4.79 Å². The van der Waals surface area contributed by atoms with Gasteiger partial charge in [0.15, 0.2) is 0 Å². The summed E-state index contributed by atoms with van der Waals surface area (Å²) < 4.78 is 10.7. The summed E-state index contributed by atoms with van der Waals surface area (Å²) in [7, 11) is 1.65. The number of amides is 1. The molecular weight excluding hydrogens is 326 g/mol. The third-order valence-corrected chi connectivity index (χ3v) is 4.52. The van der Waals surface area contributed by atoms with Gasteiger partial charge in [-0.15, -0.1) is 0 Å². The first-order valence-electron chi connectivity index (χ1n) is 7.92. The molecular formula is C19H20ClNO3. The van der Waals surface area contributed by atoms with Gasteiger partial charge in [-0.3, -0.25) is 0 Å². The molecule has 4 nitrogen and oxygen atoms in total. The summed E-state index contributed by atoms with van der Waals surface area (Å²) in [5.74, 6) is 0.827. The van der Waals surface area contributed by atoms with Gasteiger partial charge in [-0.1, -0.05) is 35.9 Å². The zero-order chi connectivity index (χ0) is 17.1. The fourth-order valence-corrected chi connectivity index (χ4v) is 3.13. The second kappa shape index (κ2) is 7.14. The van der Waals surface area contributed by atoms with Crippen LogP contribution in [0.25, 0.3) is 0 Å². The molecule has 24 heavy (non-hydrogen) atoms. The molecule has 1 heterocycles. The van der Waals surface area contributed by atoms with Gasteiger partial charge in [0.05, 0.1) is 13.7 Å². The lowest BCUT2D eigenvalue weighted by molar-refractivity contribution is 0.129. The van der Waals surface area contributed by atoms with Crippen LogP contribution >= 0.6 is 11.6 Å². The van der Waals surface area contributed by atoms with Crippen molar-refractivity contribution in [3.05, 3.63) is 64.7 Å². The molecule has 0 bridgehead atoms. The number of hydrogen-bond donors (Lipinski definition) is 0.